The Hall–Kier alpha value is -0.690. The monoisotopic (exact) mass is 192 g/mol. The zero-order valence-corrected chi connectivity index (χ0v) is 7.71. The first-order chi connectivity index (χ1) is 5.86. The van der Waals surface area contributed by atoms with E-state index < -0.39 is 24.5 Å². The first-order valence-corrected chi connectivity index (χ1v) is 3.96. The van der Waals surface area contributed by atoms with Crippen LogP contribution < -0.4 is 5.73 Å². The lowest BCUT2D eigenvalue weighted by atomic mass is 10.3. The average Bonchev–Trinajstić information content (AvgIpc) is 1.97. The molecule has 0 saturated carbocycles. The maximum atomic E-state index is 10.4. The van der Waals surface area contributed by atoms with E-state index in [1.165, 1.54) is 18.7 Å². The predicted octanol–water partition coefficient (Wildman–Crippen LogP) is -1.62. The zero-order chi connectivity index (χ0) is 10.6. The van der Waals surface area contributed by atoms with E-state index in [0.717, 1.165) is 0 Å². The number of carboxylic acids is 1. The largest absolute Gasteiger partial charge is 0.480 e. The SMILES string of the molecule is C[C@H](O)N(C[C@H](N)C(=O)O)[C@@H](C)O. The van der Waals surface area contributed by atoms with Crippen LogP contribution in [0.25, 0.3) is 0 Å². The summed E-state index contributed by atoms with van der Waals surface area (Å²) >= 11 is 0. The number of hydrogen-bond donors (Lipinski definition) is 4. The van der Waals surface area contributed by atoms with Crippen molar-refractivity contribution in [3.63, 3.8) is 0 Å². The molecule has 0 heterocycles. The molecule has 0 spiro atoms. The van der Waals surface area contributed by atoms with Crippen LogP contribution >= 0.6 is 0 Å². The topological polar surface area (TPSA) is 107 Å². The Morgan fingerprint density at radius 2 is 1.77 bits per heavy atom. The number of aliphatic hydroxyl groups is 2. The van der Waals surface area contributed by atoms with Crippen LogP contribution in [0.1, 0.15) is 13.8 Å². The molecule has 6 nitrogen and oxygen atoms in total. The van der Waals surface area contributed by atoms with Crippen LogP contribution in [0.2, 0.25) is 0 Å². The van der Waals surface area contributed by atoms with Crippen molar-refractivity contribution in [1.82, 2.24) is 4.90 Å². The normalized spacial score (nSPS) is 18.3. The van der Waals surface area contributed by atoms with E-state index in [1.807, 2.05) is 0 Å². The lowest BCUT2D eigenvalue weighted by Crippen LogP contribution is -2.49. The summed E-state index contributed by atoms with van der Waals surface area (Å²) in [6.07, 6.45) is -1.85. The molecule has 0 radical (unpaired) electrons. The molecule has 0 unspecified atom stereocenters. The Balaban J connectivity index is 4.18. The number of aliphatic hydroxyl groups excluding tert-OH is 2. The van der Waals surface area contributed by atoms with Gasteiger partial charge in [0.05, 0.1) is 0 Å². The number of rotatable bonds is 5. The van der Waals surface area contributed by atoms with Gasteiger partial charge < -0.3 is 21.1 Å². The molecule has 0 aromatic heterocycles. The molecule has 0 aromatic rings. The molecule has 78 valence electrons. The highest BCUT2D eigenvalue weighted by Gasteiger charge is 2.22. The third-order valence-corrected chi connectivity index (χ3v) is 1.68. The minimum atomic E-state index is -1.16. The zero-order valence-electron chi connectivity index (χ0n) is 7.71. The molecular formula is C7H16N2O4. The van der Waals surface area contributed by atoms with E-state index in [-0.39, 0.29) is 6.54 Å². The highest BCUT2D eigenvalue weighted by atomic mass is 16.4. The lowest BCUT2D eigenvalue weighted by Gasteiger charge is -2.29. The fourth-order valence-corrected chi connectivity index (χ4v) is 0.923. The van der Waals surface area contributed by atoms with E-state index in [4.69, 9.17) is 21.1 Å². The molecule has 0 aliphatic rings. The molecule has 13 heavy (non-hydrogen) atoms. The van der Waals surface area contributed by atoms with Gasteiger partial charge in [-0.15, -0.1) is 0 Å². The number of nitrogens with two attached hydrogens (primary N) is 1. The Kier molecular flexibility index (Phi) is 4.86. The van der Waals surface area contributed by atoms with Gasteiger partial charge in [0, 0.05) is 6.54 Å². The van der Waals surface area contributed by atoms with Crippen molar-refractivity contribution < 1.29 is 20.1 Å². The van der Waals surface area contributed by atoms with E-state index >= 15 is 0 Å². The first-order valence-electron chi connectivity index (χ1n) is 3.96. The molecular weight excluding hydrogens is 176 g/mol. The predicted molar refractivity (Wildman–Crippen MR) is 45.7 cm³/mol. The minimum Gasteiger partial charge on any atom is -0.480 e. The Bertz CT molecular complexity index is 164. The summed E-state index contributed by atoms with van der Waals surface area (Å²) in [5.74, 6) is -1.16. The van der Waals surface area contributed by atoms with Gasteiger partial charge in [-0.1, -0.05) is 0 Å². The number of hydrogen-bond acceptors (Lipinski definition) is 5. The van der Waals surface area contributed by atoms with Gasteiger partial charge in [0.1, 0.15) is 18.5 Å². The summed E-state index contributed by atoms with van der Waals surface area (Å²) in [7, 11) is 0. The summed E-state index contributed by atoms with van der Waals surface area (Å²) in [6, 6.07) is -1.11. The van der Waals surface area contributed by atoms with Gasteiger partial charge in [-0.05, 0) is 13.8 Å². The van der Waals surface area contributed by atoms with Gasteiger partial charge in [0.2, 0.25) is 0 Å². The number of nitrogens with zero attached hydrogens (tertiary/aromatic N) is 1. The molecule has 0 aliphatic carbocycles. The van der Waals surface area contributed by atoms with Crippen LogP contribution in [0, 0.1) is 0 Å². The van der Waals surface area contributed by atoms with Gasteiger partial charge >= 0.3 is 5.97 Å². The second kappa shape index (κ2) is 5.13. The fraction of sp³-hybridized carbons (Fsp3) is 0.857. The van der Waals surface area contributed by atoms with Crippen LogP contribution in [0.3, 0.4) is 0 Å². The third-order valence-electron chi connectivity index (χ3n) is 1.68. The van der Waals surface area contributed by atoms with Crippen molar-refractivity contribution in [3.05, 3.63) is 0 Å². The Morgan fingerprint density at radius 1 is 1.38 bits per heavy atom. The molecule has 0 aliphatic heterocycles. The highest BCUT2D eigenvalue weighted by molar-refractivity contribution is 5.73. The van der Waals surface area contributed by atoms with Crippen LogP contribution in [-0.2, 0) is 4.79 Å². The van der Waals surface area contributed by atoms with E-state index in [9.17, 15) is 4.79 Å². The van der Waals surface area contributed by atoms with Gasteiger partial charge in [-0.25, -0.2) is 0 Å². The Morgan fingerprint density at radius 3 is 2.00 bits per heavy atom. The Labute approximate surface area is 76.6 Å². The van der Waals surface area contributed by atoms with Gasteiger partial charge in [-0.3, -0.25) is 9.69 Å². The van der Waals surface area contributed by atoms with Crippen molar-refractivity contribution >= 4 is 5.97 Å². The lowest BCUT2D eigenvalue weighted by molar-refractivity contribution is -0.141. The van der Waals surface area contributed by atoms with Crippen LogP contribution in [-0.4, -0.2) is 51.2 Å². The summed E-state index contributed by atoms with van der Waals surface area (Å²) in [5, 5.41) is 26.7. The summed E-state index contributed by atoms with van der Waals surface area (Å²) < 4.78 is 0. The third kappa shape index (κ3) is 4.18. The second-order valence-electron chi connectivity index (χ2n) is 2.91. The van der Waals surface area contributed by atoms with Crippen LogP contribution in [0.5, 0.6) is 0 Å². The van der Waals surface area contributed by atoms with Crippen LogP contribution in [0.15, 0.2) is 0 Å². The smallest absolute Gasteiger partial charge is 0.321 e. The maximum Gasteiger partial charge on any atom is 0.321 e. The van der Waals surface area contributed by atoms with Crippen molar-refractivity contribution in [2.24, 2.45) is 5.73 Å². The van der Waals surface area contributed by atoms with Crippen molar-refractivity contribution in [3.8, 4) is 0 Å². The number of aliphatic carboxylic acids is 1. The quantitative estimate of drug-likeness (QED) is 0.390. The first kappa shape index (κ1) is 12.3. The fourth-order valence-electron chi connectivity index (χ4n) is 0.923. The molecule has 0 bridgehead atoms. The summed E-state index contributed by atoms with van der Waals surface area (Å²) in [6.45, 7) is 2.77. The molecule has 6 heteroatoms. The molecule has 0 fully saturated rings. The molecule has 3 atom stereocenters. The molecule has 0 amide bonds. The molecule has 0 aromatic carbocycles. The van der Waals surface area contributed by atoms with E-state index in [1.54, 1.807) is 0 Å². The van der Waals surface area contributed by atoms with Gasteiger partial charge in [0.15, 0.2) is 0 Å². The molecule has 5 N–H and O–H groups in total. The van der Waals surface area contributed by atoms with E-state index in [2.05, 4.69) is 0 Å². The minimum absolute atomic E-state index is 0.0926. The van der Waals surface area contributed by atoms with Gasteiger partial charge in [-0.2, -0.15) is 0 Å². The summed E-state index contributed by atoms with van der Waals surface area (Å²) in [4.78, 5) is 11.5. The highest BCUT2D eigenvalue weighted by Crippen LogP contribution is 2.01. The summed E-state index contributed by atoms with van der Waals surface area (Å²) in [5.41, 5.74) is 5.23. The number of carbonyl (C=O) groups is 1. The standard InChI is InChI=1S/C7H16N2O4/c1-4(10)9(5(2)11)3-6(8)7(12)13/h4-6,10-11H,3,8H2,1-2H3,(H,12,13)/t4-,5+,6-/m0/s1. The van der Waals surface area contributed by atoms with E-state index in [0.29, 0.717) is 0 Å². The van der Waals surface area contributed by atoms with Crippen molar-refractivity contribution in [1.29, 1.82) is 0 Å². The molecule has 0 rings (SSSR count). The van der Waals surface area contributed by atoms with Gasteiger partial charge in [0.25, 0.3) is 0 Å². The van der Waals surface area contributed by atoms with Crippen molar-refractivity contribution in [2.45, 2.75) is 32.3 Å². The van der Waals surface area contributed by atoms with Crippen LogP contribution in [0.4, 0.5) is 0 Å². The maximum absolute atomic E-state index is 10.4. The number of carboxylic acid groups (broad SMARTS) is 1. The second-order valence-corrected chi connectivity index (χ2v) is 2.91. The average molecular weight is 192 g/mol. The molecule has 0 saturated heterocycles. The van der Waals surface area contributed by atoms with Crippen molar-refractivity contribution in [2.75, 3.05) is 6.54 Å².